The van der Waals surface area contributed by atoms with Gasteiger partial charge in [0.25, 0.3) is 0 Å². The van der Waals surface area contributed by atoms with Crippen LogP contribution in [0, 0.1) is 22.7 Å². The first kappa shape index (κ1) is 39.8. The van der Waals surface area contributed by atoms with Crippen molar-refractivity contribution >= 4 is 85.1 Å². The maximum absolute atomic E-state index is 14.1. The summed E-state index contributed by atoms with van der Waals surface area (Å²) >= 11 is 0. The van der Waals surface area contributed by atoms with Crippen LogP contribution in [0.15, 0.2) is 220 Å². The molecular formula is C56H33N5O4S2. The summed E-state index contributed by atoms with van der Waals surface area (Å²) in [4.78, 5) is 0.237. The third-order valence-electron chi connectivity index (χ3n) is 12.8. The Kier molecular flexibility index (Phi) is 8.86. The molecule has 0 aliphatic heterocycles. The van der Waals surface area contributed by atoms with Gasteiger partial charge in [0, 0.05) is 49.4 Å². The lowest BCUT2D eigenvalue weighted by Crippen LogP contribution is -2.05. The van der Waals surface area contributed by atoms with Crippen molar-refractivity contribution in [2.24, 2.45) is 0 Å². The fraction of sp³-hybridized carbons (Fsp3) is 0. The summed E-state index contributed by atoms with van der Waals surface area (Å²) in [6.45, 7) is 0. The lowest BCUT2D eigenvalue weighted by molar-refractivity contribution is 0.594. The van der Waals surface area contributed by atoms with Crippen LogP contribution < -0.4 is 0 Å². The first-order valence-corrected chi connectivity index (χ1v) is 24.3. The number of nitrogens with zero attached hydrogens (tertiary/aromatic N) is 5. The monoisotopic (exact) mass is 903 g/mol. The predicted octanol–water partition coefficient (Wildman–Crippen LogP) is 12.4. The second-order valence-corrected chi connectivity index (χ2v) is 20.2. The molecule has 0 saturated heterocycles. The van der Waals surface area contributed by atoms with Crippen molar-refractivity contribution in [1.29, 1.82) is 10.5 Å². The van der Waals surface area contributed by atoms with Crippen LogP contribution in [-0.2, 0) is 19.7 Å². The van der Waals surface area contributed by atoms with E-state index in [2.05, 4.69) is 68.3 Å². The van der Waals surface area contributed by atoms with Gasteiger partial charge in [-0.1, -0.05) is 84.9 Å². The van der Waals surface area contributed by atoms with Gasteiger partial charge in [-0.25, -0.2) is 16.8 Å². The van der Waals surface area contributed by atoms with Crippen LogP contribution in [0.5, 0.6) is 0 Å². The van der Waals surface area contributed by atoms with E-state index in [0.29, 0.717) is 5.56 Å². The summed E-state index contributed by atoms with van der Waals surface area (Å²) in [5, 5.41) is 25.1. The number of para-hydroxylation sites is 4. The molecule has 0 aliphatic rings. The Morgan fingerprint density at radius 3 is 1.13 bits per heavy atom. The summed E-state index contributed by atoms with van der Waals surface area (Å²) in [6.07, 6.45) is 0. The number of fused-ring (bicyclic) bond motifs is 12. The zero-order chi connectivity index (χ0) is 45.6. The molecule has 0 spiro atoms. The molecule has 9 nitrogen and oxygen atoms in total. The van der Waals surface area contributed by atoms with Crippen LogP contribution in [0.25, 0.3) is 82.5 Å². The van der Waals surface area contributed by atoms with E-state index in [1.165, 1.54) is 36.4 Å². The standard InChI is InChI=1S/C56H33N5O4S2/c57-34-36-22-28-41(29-23-36)66(62,63)42-30-24-39(25-31-42)60-49-20-10-7-17-46(49)53-55(60)51-44-15-5-8-18-47(44)59(38-13-2-1-3-14-38)54(51)52-45-16-6-9-19-48(45)61(56(52)53)40-26-32-43(33-27-40)67(64,65)50-21-11-4-12-37(50)35-58/h1-33H. The highest BCUT2D eigenvalue weighted by molar-refractivity contribution is 7.91. The Hall–Kier alpha value is -8.74. The number of sulfone groups is 2. The molecule has 67 heavy (non-hydrogen) atoms. The average Bonchev–Trinajstić information content (AvgIpc) is 4.03. The maximum atomic E-state index is 14.1. The molecule has 0 unspecified atom stereocenters. The highest BCUT2D eigenvalue weighted by Gasteiger charge is 2.29. The molecule has 9 aromatic carbocycles. The van der Waals surface area contributed by atoms with Crippen molar-refractivity contribution in [2.45, 2.75) is 19.6 Å². The molecule has 0 N–H and O–H groups in total. The quantitative estimate of drug-likeness (QED) is 0.156. The van der Waals surface area contributed by atoms with Crippen LogP contribution in [0.4, 0.5) is 0 Å². The maximum Gasteiger partial charge on any atom is 0.207 e. The van der Waals surface area contributed by atoms with E-state index in [1.54, 1.807) is 36.4 Å². The lowest BCUT2D eigenvalue weighted by atomic mass is 10.0. The van der Waals surface area contributed by atoms with Crippen molar-refractivity contribution < 1.29 is 16.8 Å². The minimum atomic E-state index is -4.04. The molecule has 318 valence electrons. The predicted molar refractivity (Wildman–Crippen MR) is 263 cm³/mol. The van der Waals surface area contributed by atoms with Crippen LogP contribution in [0.2, 0.25) is 0 Å². The van der Waals surface area contributed by atoms with Gasteiger partial charge in [-0.3, -0.25) is 0 Å². The van der Waals surface area contributed by atoms with Gasteiger partial charge in [0.2, 0.25) is 19.7 Å². The molecule has 0 atom stereocenters. The summed E-state index contributed by atoms with van der Waals surface area (Å²) in [6, 6.07) is 65.2. The number of aromatic nitrogens is 3. The topological polar surface area (TPSA) is 131 Å². The van der Waals surface area contributed by atoms with Gasteiger partial charge in [-0.15, -0.1) is 0 Å². The fourth-order valence-corrected chi connectivity index (χ4v) is 12.5. The molecule has 11 heteroatoms. The molecule has 0 amide bonds. The molecule has 0 bridgehead atoms. The molecular weight excluding hydrogens is 871 g/mol. The zero-order valence-corrected chi connectivity index (χ0v) is 36.9. The minimum absolute atomic E-state index is 0.0485. The average molecular weight is 904 g/mol. The van der Waals surface area contributed by atoms with Crippen molar-refractivity contribution in [3.05, 3.63) is 211 Å². The Labute approximate surface area is 384 Å². The number of rotatable bonds is 7. The first-order valence-electron chi connectivity index (χ1n) is 21.4. The smallest absolute Gasteiger partial charge is 0.207 e. The molecule has 12 aromatic rings. The number of hydrogen-bond acceptors (Lipinski definition) is 6. The fourth-order valence-electron chi connectivity index (χ4n) is 9.84. The van der Waals surface area contributed by atoms with Gasteiger partial charge in [0.05, 0.1) is 69.9 Å². The molecule has 12 rings (SSSR count). The van der Waals surface area contributed by atoms with E-state index in [-0.39, 0.29) is 25.1 Å². The summed E-state index contributed by atoms with van der Waals surface area (Å²) in [7, 11) is -7.96. The molecule has 0 saturated carbocycles. The van der Waals surface area contributed by atoms with Crippen molar-refractivity contribution in [3.63, 3.8) is 0 Å². The molecule has 3 heterocycles. The van der Waals surface area contributed by atoms with Gasteiger partial charge in [-0.2, -0.15) is 10.5 Å². The molecule has 0 aliphatic carbocycles. The van der Waals surface area contributed by atoms with Gasteiger partial charge >= 0.3 is 0 Å². The Balaban J connectivity index is 1.22. The summed E-state index contributed by atoms with van der Waals surface area (Å²) in [5.74, 6) is 0. The van der Waals surface area contributed by atoms with E-state index >= 15 is 0 Å². The highest BCUT2D eigenvalue weighted by Crippen LogP contribution is 2.50. The second-order valence-electron chi connectivity index (χ2n) is 16.3. The van der Waals surface area contributed by atoms with Gasteiger partial charge in [0.15, 0.2) is 0 Å². The van der Waals surface area contributed by atoms with E-state index in [1.807, 2.05) is 84.9 Å². The van der Waals surface area contributed by atoms with E-state index in [0.717, 1.165) is 82.5 Å². The van der Waals surface area contributed by atoms with Gasteiger partial charge < -0.3 is 13.7 Å². The molecule has 0 fully saturated rings. The van der Waals surface area contributed by atoms with Gasteiger partial charge in [0.1, 0.15) is 6.07 Å². The molecule has 3 aromatic heterocycles. The van der Waals surface area contributed by atoms with E-state index in [9.17, 15) is 27.4 Å². The zero-order valence-electron chi connectivity index (χ0n) is 35.2. The Morgan fingerprint density at radius 1 is 0.343 bits per heavy atom. The van der Waals surface area contributed by atoms with Crippen molar-refractivity contribution in [3.8, 4) is 29.2 Å². The highest BCUT2D eigenvalue weighted by atomic mass is 32.2. The van der Waals surface area contributed by atoms with Crippen molar-refractivity contribution in [1.82, 2.24) is 13.7 Å². The van der Waals surface area contributed by atoms with Crippen LogP contribution in [0.3, 0.4) is 0 Å². The lowest BCUT2D eigenvalue weighted by Gasteiger charge is -2.14. The minimum Gasteiger partial charge on any atom is -0.308 e. The summed E-state index contributed by atoms with van der Waals surface area (Å²) < 4.78 is 62.8. The Bertz CT molecular complexity index is 4350. The van der Waals surface area contributed by atoms with Crippen LogP contribution >= 0.6 is 0 Å². The van der Waals surface area contributed by atoms with E-state index in [4.69, 9.17) is 0 Å². The largest absolute Gasteiger partial charge is 0.308 e. The van der Waals surface area contributed by atoms with E-state index < -0.39 is 19.7 Å². The second kappa shape index (κ2) is 14.9. The SMILES string of the molecule is N#Cc1ccc(S(=O)(=O)c2ccc(-n3c4ccccc4c4c3c3c5ccccc5n(-c5ccccc5)c3c3c5ccccc5n(-c5ccc(S(=O)(=O)c6ccccc6C#N)cc5)c34)cc2)cc1. The summed E-state index contributed by atoms with van der Waals surface area (Å²) in [5.41, 5.74) is 8.51. The van der Waals surface area contributed by atoms with Gasteiger partial charge in [-0.05, 0) is 115 Å². The Morgan fingerprint density at radius 2 is 0.701 bits per heavy atom. The first-order chi connectivity index (χ1) is 32.7. The third kappa shape index (κ3) is 5.82. The number of hydrogen-bond donors (Lipinski definition) is 0. The third-order valence-corrected chi connectivity index (χ3v) is 16.4. The van der Waals surface area contributed by atoms with Crippen molar-refractivity contribution in [2.75, 3.05) is 0 Å². The number of benzene rings is 9. The number of nitriles is 2. The molecule has 0 radical (unpaired) electrons. The normalized spacial score (nSPS) is 12.1. The van der Waals surface area contributed by atoms with Crippen LogP contribution in [-0.4, -0.2) is 30.5 Å². The van der Waals surface area contributed by atoms with Crippen LogP contribution in [0.1, 0.15) is 11.1 Å².